The van der Waals surface area contributed by atoms with E-state index in [2.05, 4.69) is 10.6 Å². The van der Waals surface area contributed by atoms with Crippen LogP contribution < -0.4 is 10.6 Å². The number of nitrogens with one attached hydrogen (secondary N) is 2. The summed E-state index contributed by atoms with van der Waals surface area (Å²) in [5, 5.41) is 5.38. The fourth-order valence-corrected chi connectivity index (χ4v) is 1.42. The van der Waals surface area contributed by atoms with Crippen LogP contribution >= 0.6 is 0 Å². The Morgan fingerprint density at radius 3 is 2.62 bits per heavy atom. The standard InChI is InChI=1S/C12H16N2O2/c1-13-8-12(16)14-11(9-15)7-10-5-3-2-4-6-10/h2-6,9,11,13H,7-8H2,1H3,(H,14,16). The smallest absolute Gasteiger partial charge is 0.234 e. The highest BCUT2D eigenvalue weighted by atomic mass is 16.2. The predicted molar refractivity (Wildman–Crippen MR) is 62.1 cm³/mol. The lowest BCUT2D eigenvalue weighted by atomic mass is 10.1. The van der Waals surface area contributed by atoms with Gasteiger partial charge in [-0.3, -0.25) is 4.79 Å². The number of benzene rings is 1. The van der Waals surface area contributed by atoms with Crippen LogP contribution in [0.2, 0.25) is 0 Å². The Balaban J connectivity index is 2.49. The van der Waals surface area contributed by atoms with Crippen molar-refractivity contribution in [1.82, 2.24) is 10.6 Å². The third-order valence-electron chi connectivity index (χ3n) is 2.15. The fourth-order valence-electron chi connectivity index (χ4n) is 1.42. The molecule has 0 bridgehead atoms. The zero-order valence-electron chi connectivity index (χ0n) is 9.27. The van der Waals surface area contributed by atoms with Crippen LogP contribution in [0.5, 0.6) is 0 Å². The van der Waals surface area contributed by atoms with Crippen LogP contribution in [0, 0.1) is 0 Å². The Kier molecular flexibility index (Phi) is 5.22. The summed E-state index contributed by atoms with van der Waals surface area (Å²) in [4.78, 5) is 22.1. The number of aldehydes is 1. The molecule has 4 nitrogen and oxygen atoms in total. The van der Waals surface area contributed by atoms with Gasteiger partial charge in [0.25, 0.3) is 0 Å². The van der Waals surface area contributed by atoms with Crippen molar-refractivity contribution in [1.29, 1.82) is 0 Å². The van der Waals surface area contributed by atoms with Gasteiger partial charge in [-0.25, -0.2) is 0 Å². The Bertz CT molecular complexity index is 338. The van der Waals surface area contributed by atoms with Crippen molar-refractivity contribution < 1.29 is 9.59 Å². The first-order chi connectivity index (χ1) is 7.76. The normalized spacial score (nSPS) is 11.8. The minimum absolute atomic E-state index is 0.171. The Hall–Kier alpha value is -1.68. The molecule has 0 spiro atoms. The van der Waals surface area contributed by atoms with Gasteiger partial charge in [0.1, 0.15) is 6.29 Å². The minimum atomic E-state index is -0.455. The molecule has 0 heterocycles. The third-order valence-corrected chi connectivity index (χ3v) is 2.15. The maximum atomic E-state index is 11.3. The van der Waals surface area contributed by atoms with E-state index in [1.807, 2.05) is 30.3 Å². The molecule has 0 fully saturated rings. The summed E-state index contributed by atoms with van der Waals surface area (Å²) < 4.78 is 0. The van der Waals surface area contributed by atoms with Gasteiger partial charge in [-0.05, 0) is 19.0 Å². The molecular weight excluding hydrogens is 204 g/mol. The first-order valence-electron chi connectivity index (χ1n) is 5.19. The number of carbonyl (C=O) groups excluding carboxylic acids is 2. The molecule has 0 saturated heterocycles. The van der Waals surface area contributed by atoms with E-state index in [1.165, 1.54) is 0 Å². The van der Waals surface area contributed by atoms with E-state index in [9.17, 15) is 9.59 Å². The van der Waals surface area contributed by atoms with Crippen LogP contribution in [0.15, 0.2) is 30.3 Å². The van der Waals surface area contributed by atoms with Crippen molar-refractivity contribution in [2.24, 2.45) is 0 Å². The van der Waals surface area contributed by atoms with Crippen molar-refractivity contribution in [2.75, 3.05) is 13.6 Å². The lowest BCUT2D eigenvalue weighted by molar-refractivity contribution is -0.123. The van der Waals surface area contributed by atoms with Crippen LogP contribution in [0.4, 0.5) is 0 Å². The van der Waals surface area contributed by atoms with E-state index < -0.39 is 6.04 Å². The molecule has 1 aromatic carbocycles. The van der Waals surface area contributed by atoms with Gasteiger partial charge in [-0.2, -0.15) is 0 Å². The summed E-state index contributed by atoms with van der Waals surface area (Å²) >= 11 is 0. The minimum Gasteiger partial charge on any atom is -0.345 e. The average molecular weight is 220 g/mol. The summed E-state index contributed by atoms with van der Waals surface area (Å²) in [6, 6.07) is 9.14. The Morgan fingerprint density at radius 1 is 1.38 bits per heavy atom. The molecule has 1 rings (SSSR count). The van der Waals surface area contributed by atoms with Gasteiger partial charge < -0.3 is 15.4 Å². The predicted octanol–water partition coefficient (Wildman–Crippen LogP) is 0.132. The highest BCUT2D eigenvalue weighted by Gasteiger charge is 2.10. The van der Waals surface area contributed by atoms with Crippen LogP contribution in [-0.2, 0) is 16.0 Å². The summed E-state index contributed by atoms with van der Waals surface area (Å²) in [5.41, 5.74) is 1.03. The van der Waals surface area contributed by atoms with Gasteiger partial charge in [0.15, 0.2) is 0 Å². The lowest BCUT2D eigenvalue weighted by Gasteiger charge is -2.12. The Labute approximate surface area is 95.0 Å². The van der Waals surface area contributed by atoms with Crippen LogP contribution in [0.3, 0.4) is 0 Å². The molecule has 0 aliphatic rings. The molecule has 4 heteroatoms. The highest BCUT2D eigenvalue weighted by molar-refractivity contribution is 5.81. The van der Waals surface area contributed by atoms with Crippen molar-refractivity contribution >= 4 is 12.2 Å². The molecule has 1 atom stereocenters. The molecule has 2 N–H and O–H groups in total. The van der Waals surface area contributed by atoms with E-state index in [1.54, 1.807) is 7.05 Å². The molecule has 1 aromatic rings. The third kappa shape index (κ3) is 4.23. The maximum Gasteiger partial charge on any atom is 0.234 e. The van der Waals surface area contributed by atoms with Crippen LogP contribution in [-0.4, -0.2) is 31.8 Å². The number of amides is 1. The largest absolute Gasteiger partial charge is 0.345 e. The van der Waals surface area contributed by atoms with Gasteiger partial charge in [-0.1, -0.05) is 30.3 Å². The molecule has 0 saturated carbocycles. The second kappa shape index (κ2) is 6.74. The topological polar surface area (TPSA) is 58.2 Å². The van der Waals surface area contributed by atoms with Crippen molar-refractivity contribution in [2.45, 2.75) is 12.5 Å². The highest BCUT2D eigenvalue weighted by Crippen LogP contribution is 2.01. The van der Waals surface area contributed by atoms with Gasteiger partial charge in [0.05, 0.1) is 12.6 Å². The van der Waals surface area contributed by atoms with E-state index in [4.69, 9.17) is 0 Å². The van der Waals surface area contributed by atoms with Gasteiger partial charge in [0.2, 0.25) is 5.91 Å². The number of carbonyl (C=O) groups is 2. The van der Waals surface area contributed by atoms with Gasteiger partial charge in [-0.15, -0.1) is 0 Å². The van der Waals surface area contributed by atoms with Gasteiger partial charge >= 0.3 is 0 Å². The first-order valence-corrected chi connectivity index (χ1v) is 5.19. The summed E-state index contributed by atoms with van der Waals surface area (Å²) in [6.45, 7) is 0.221. The molecule has 0 aliphatic carbocycles. The number of rotatable bonds is 6. The van der Waals surface area contributed by atoms with Crippen LogP contribution in [0.25, 0.3) is 0 Å². The molecule has 1 amide bonds. The summed E-state index contributed by atoms with van der Waals surface area (Å²) in [5.74, 6) is -0.171. The monoisotopic (exact) mass is 220 g/mol. The second-order valence-corrected chi connectivity index (χ2v) is 3.53. The molecule has 86 valence electrons. The molecule has 1 unspecified atom stereocenters. The molecule has 0 radical (unpaired) electrons. The average Bonchev–Trinajstić information content (AvgIpc) is 2.30. The zero-order chi connectivity index (χ0) is 11.8. The number of hydrogen-bond acceptors (Lipinski definition) is 3. The number of likely N-dealkylation sites (N-methyl/N-ethyl adjacent to an activating group) is 1. The van der Waals surface area contributed by atoms with E-state index in [-0.39, 0.29) is 12.5 Å². The number of hydrogen-bond donors (Lipinski definition) is 2. The SMILES string of the molecule is CNCC(=O)NC(C=O)Cc1ccccc1. The molecule has 0 aromatic heterocycles. The Morgan fingerprint density at radius 2 is 2.06 bits per heavy atom. The lowest BCUT2D eigenvalue weighted by Crippen LogP contribution is -2.41. The summed E-state index contributed by atoms with van der Waals surface area (Å²) in [7, 11) is 1.69. The molecule has 16 heavy (non-hydrogen) atoms. The fraction of sp³-hybridized carbons (Fsp3) is 0.333. The van der Waals surface area contributed by atoms with Crippen LogP contribution in [0.1, 0.15) is 5.56 Å². The van der Waals surface area contributed by atoms with E-state index >= 15 is 0 Å². The van der Waals surface area contributed by atoms with Crippen molar-refractivity contribution in [3.8, 4) is 0 Å². The van der Waals surface area contributed by atoms with E-state index in [0.717, 1.165) is 11.8 Å². The molecule has 0 aliphatic heterocycles. The second-order valence-electron chi connectivity index (χ2n) is 3.53. The quantitative estimate of drug-likeness (QED) is 0.670. The maximum absolute atomic E-state index is 11.3. The van der Waals surface area contributed by atoms with Gasteiger partial charge in [0, 0.05) is 0 Å². The molecular formula is C12H16N2O2. The van der Waals surface area contributed by atoms with Crippen molar-refractivity contribution in [3.63, 3.8) is 0 Å². The summed E-state index contributed by atoms with van der Waals surface area (Å²) in [6.07, 6.45) is 1.29. The first kappa shape index (κ1) is 12.4. The zero-order valence-corrected chi connectivity index (χ0v) is 9.27. The van der Waals surface area contributed by atoms with E-state index in [0.29, 0.717) is 6.42 Å². The van der Waals surface area contributed by atoms with Crippen molar-refractivity contribution in [3.05, 3.63) is 35.9 Å².